The van der Waals surface area contributed by atoms with Gasteiger partial charge < -0.3 is 10.1 Å². The molecule has 1 atom stereocenters. The molecule has 0 radical (unpaired) electrons. The Morgan fingerprint density at radius 2 is 2.33 bits per heavy atom. The molecule has 0 aliphatic heterocycles. The molecule has 0 bridgehead atoms. The van der Waals surface area contributed by atoms with E-state index in [2.05, 4.69) is 17.2 Å². The van der Waals surface area contributed by atoms with E-state index in [1.165, 1.54) is 0 Å². The molecular formula is C11H17ClN2O. The predicted octanol–water partition coefficient (Wildman–Crippen LogP) is 2.77. The lowest BCUT2D eigenvalue weighted by molar-refractivity contribution is 0.413. The molecule has 0 aliphatic carbocycles. The van der Waals surface area contributed by atoms with E-state index in [-0.39, 0.29) is 0 Å². The molecule has 15 heavy (non-hydrogen) atoms. The molecule has 0 aliphatic rings. The van der Waals surface area contributed by atoms with Gasteiger partial charge in [-0.1, -0.05) is 6.92 Å². The van der Waals surface area contributed by atoms with Gasteiger partial charge in [0.2, 0.25) is 0 Å². The van der Waals surface area contributed by atoms with Crippen molar-refractivity contribution in [2.45, 2.75) is 13.3 Å². The number of ether oxygens (including phenoxy) is 1. The van der Waals surface area contributed by atoms with Crippen LogP contribution >= 0.6 is 11.6 Å². The van der Waals surface area contributed by atoms with Crippen LogP contribution in [0.25, 0.3) is 0 Å². The first-order valence-corrected chi connectivity index (χ1v) is 5.59. The number of nitrogens with zero attached hydrogens (tertiary/aromatic N) is 1. The Bertz CT molecular complexity index is 276. The predicted molar refractivity (Wildman–Crippen MR) is 63.8 cm³/mol. The van der Waals surface area contributed by atoms with Crippen LogP contribution in [-0.4, -0.2) is 24.5 Å². The summed E-state index contributed by atoms with van der Waals surface area (Å²) in [5, 5.41) is 3.26. The Morgan fingerprint density at radius 1 is 1.53 bits per heavy atom. The van der Waals surface area contributed by atoms with Crippen LogP contribution in [0.2, 0.25) is 0 Å². The van der Waals surface area contributed by atoms with Gasteiger partial charge in [0, 0.05) is 12.4 Å². The van der Waals surface area contributed by atoms with Gasteiger partial charge in [0.15, 0.2) is 0 Å². The Labute approximate surface area is 95.8 Å². The Kier molecular flexibility index (Phi) is 5.26. The average molecular weight is 229 g/mol. The number of methoxy groups -OCH3 is 1. The highest BCUT2D eigenvalue weighted by Gasteiger charge is 2.01. The maximum atomic E-state index is 5.66. The van der Waals surface area contributed by atoms with Crippen molar-refractivity contribution in [3.63, 3.8) is 0 Å². The number of hydrogen-bond acceptors (Lipinski definition) is 3. The summed E-state index contributed by atoms with van der Waals surface area (Å²) in [7, 11) is 1.63. The molecule has 0 saturated carbocycles. The fraction of sp³-hybridized carbons (Fsp3) is 0.545. The van der Waals surface area contributed by atoms with Gasteiger partial charge in [-0.05, 0) is 24.5 Å². The van der Waals surface area contributed by atoms with Gasteiger partial charge in [-0.2, -0.15) is 0 Å². The molecule has 84 valence electrons. The van der Waals surface area contributed by atoms with Crippen LogP contribution < -0.4 is 10.1 Å². The molecule has 0 amide bonds. The molecule has 0 saturated heterocycles. The van der Waals surface area contributed by atoms with E-state index in [1.807, 2.05) is 12.1 Å². The summed E-state index contributed by atoms with van der Waals surface area (Å²) in [6.45, 7) is 3.06. The SMILES string of the molecule is COc1ccc(NCC(C)CCCl)nc1. The highest BCUT2D eigenvalue weighted by atomic mass is 35.5. The second-order valence-electron chi connectivity index (χ2n) is 3.55. The number of hydrogen-bond donors (Lipinski definition) is 1. The zero-order valence-electron chi connectivity index (χ0n) is 9.16. The van der Waals surface area contributed by atoms with E-state index in [0.717, 1.165) is 24.5 Å². The van der Waals surface area contributed by atoms with Crippen molar-refractivity contribution in [1.82, 2.24) is 4.98 Å². The minimum atomic E-state index is 0.561. The van der Waals surface area contributed by atoms with E-state index in [0.29, 0.717) is 11.8 Å². The van der Waals surface area contributed by atoms with Crippen molar-refractivity contribution in [3.05, 3.63) is 18.3 Å². The van der Waals surface area contributed by atoms with Crippen molar-refractivity contribution in [3.8, 4) is 5.75 Å². The van der Waals surface area contributed by atoms with Crippen LogP contribution in [-0.2, 0) is 0 Å². The maximum absolute atomic E-state index is 5.66. The van der Waals surface area contributed by atoms with Gasteiger partial charge in [-0.3, -0.25) is 0 Å². The fourth-order valence-corrected chi connectivity index (χ4v) is 1.55. The number of aromatic nitrogens is 1. The van der Waals surface area contributed by atoms with Crippen LogP contribution in [0.15, 0.2) is 18.3 Å². The van der Waals surface area contributed by atoms with Crippen LogP contribution in [0, 0.1) is 5.92 Å². The van der Waals surface area contributed by atoms with E-state index in [4.69, 9.17) is 16.3 Å². The molecule has 1 rings (SSSR count). The quantitative estimate of drug-likeness (QED) is 0.761. The molecule has 1 unspecified atom stereocenters. The molecule has 1 aromatic heterocycles. The summed E-state index contributed by atoms with van der Waals surface area (Å²) in [6, 6.07) is 3.80. The number of rotatable bonds is 6. The summed E-state index contributed by atoms with van der Waals surface area (Å²) >= 11 is 5.66. The summed E-state index contributed by atoms with van der Waals surface area (Å²) in [5.74, 6) is 2.91. The van der Waals surface area contributed by atoms with E-state index in [9.17, 15) is 0 Å². The molecule has 0 fully saturated rings. The number of nitrogens with one attached hydrogen (secondary N) is 1. The third-order valence-corrected chi connectivity index (χ3v) is 2.42. The first-order chi connectivity index (χ1) is 7.26. The average Bonchev–Trinajstić information content (AvgIpc) is 2.27. The molecule has 0 spiro atoms. The first-order valence-electron chi connectivity index (χ1n) is 5.06. The van der Waals surface area contributed by atoms with Crippen molar-refractivity contribution < 1.29 is 4.74 Å². The molecule has 1 heterocycles. The number of halogens is 1. The fourth-order valence-electron chi connectivity index (χ4n) is 1.17. The lowest BCUT2D eigenvalue weighted by Crippen LogP contribution is -2.12. The minimum absolute atomic E-state index is 0.561. The van der Waals surface area contributed by atoms with Gasteiger partial charge in [-0.15, -0.1) is 11.6 Å². The van der Waals surface area contributed by atoms with Crippen LogP contribution in [0.4, 0.5) is 5.82 Å². The highest BCUT2D eigenvalue weighted by molar-refractivity contribution is 6.17. The van der Waals surface area contributed by atoms with Gasteiger partial charge in [0.1, 0.15) is 11.6 Å². The van der Waals surface area contributed by atoms with Crippen LogP contribution in [0.1, 0.15) is 13.3 Å². The standard InChI is InChI=1S/C11H17ClN2O/c1-9(5-6-12)7-13-11-4-3-10(15-2)8-14-11/h3-4,8-9H,5-7H2,1-2H3,(H,13,14). The van der Waals surface area contributed by atoms with Gasteiger partial charge >= 0.3 is 0 Å². The monoisotopic (exact) mass is 228 g/mol. The summed E-state index contributed by atoms with van der Waals surface area (Å²) in [6.07, 6.45) is 2.72. The first kappa shape index (κ1) is 12.1. The molecule has 0 aromatic carbocycles. The van der Waals surface area contributed by atoms with Crippen LogP contribution in [0.3, 0.4) is 0 Å². The smallest absolute Gasteiger partial charge is 0.137 e. The summed E-state index contributed by atoms with van der Waals surface area (Å²) < 4.78 is 5.03. The summed E-state index contributed by atoms with van der Waals surface area (Å²) in [5.41, 5.74) is 0. The molecular weight excluding hydrogens is 212 g/mol. The van der Waals surface area contributed by atoms with Crippen LogP contribution in [0.5, 0.6) is 5.75 Å². The molecule has 1 N–H and O–H groups in total. The summed E-state index contributed by atoms with van der Waals surface area (Å²) in [4.78, 5) is 4.21. The molecule has 1 aromatic rings. The lowest BCUT2D eigenvalue weighted by Gasteiger charge is -2.11. The van der Waals surface area contributed by atoms with E-state index >= 15 is 0 Å². The van der Waals surface area contributed by atoms with E-state index < -0.39 is 0 Å². The maximum Gasteiger partial charge on any atom is 0.137 e. The largest absolute Gasteiger partial charge is 0.495 e. The second-order valence-corrected chi connectivity index (χ2v) is 3.92. The van der Waals surface area contributed by atoms with Gasteiger partial charge in [-0.25, -0.2) is 4.98 Å². The van der Waals surface area contributed by atoms with E-state index in [1.54, 1.807) is 13.3 Å². The lowest BCUT2D eigenvalue weighted by atomic mass is 10.1. The second kappa shape index (κ2) is 6.51. The van der Waals surface area contributed by atoms with Gasteiger partial charge in [0.05, 0.1) is 13.3 Å². The Morgan fingerprint density at radius 3 is 2.87 bits per heavy atom. The third kappa shape index (κ3) is 4.38. The molecule has 3 nitrogen and oxygen atoms in total. The number of alkyl halides is 1. The van der Waals surface area contributed by atoms with Crippen molar-refractivity contribution >= 4 is 17.4 Å². The molecule has 4 heteroatoms. The third-order valence-electron chi connectivity index (χ3n) is 2.21. The Hall–Kier alpha value is -0.960. The van der Waals surface area contributed by atoms with Crippen molar-refractivity contribution in [1.29, 1.82) is 0 Å². The Balaban J connectivity index is 2.37. The van der Waals surface area contributed by atoms with Crippen molar-refractivity contribution in [2.75, 3.05) is 24.9 Å². The van der Waals surface area contributed by atoms with Crippen molar-refractivity contribution in [2.24, 2.45) is 5.92 Å². The normalized spacial score (nSPS) is 12.2. The topological polar surface area (TPSA) is 34.1 Å². The number of anilines is 1. The zero-order chi connectivity index (χ0) is 11.1. The highest BCUT2D eigenvalue weighted by Crippen LogP contribution is 2.12. The zero-order valence-corrected chi connectivity index (χ0v) is 9.92. The van der Waals surface area contributed by atoms with Gasteiger partial charge in [0.25, 0.3) is 0 Å². The minimum Gasteiger partial charge on any atom is -0.495 e. The number of pyridine rings is 1.